The summed E-state index contributed by atoms with van der Waals surface area (Å²) in [5.41, 5.74) is 2.97. The van der Waals surface area contributed by atoms with Gasteiger partial charge in [0.1, 0.15) is 11.5 Å². The third-order valence-corrected chi connectivity index (χ3v) is 11.3. The van der Waals surface area contributed by atoms with Gasteiger partial charge in [0.05, 0.1) is 75.4 Å². The van der Waals surface area contributed by atoms with E-state index in [9.17, 15) is 29.7 Å². The molecule has 1 fully saturated rings. The lowest BCUT2D eigenvalue weighted by Crippen LogP contribution is -2.34. The molecule has 0 amide bonds. The Hall–Kier alpha value is -6.31. The lowest BCUT2D eigenvalue weighted by Gasteiger charge is -2.37. The van der Waals surface area contributed by atoms with Crippen molar-refractivity contribution in [3.63, 3.8) is 0 Å². The second-order valence-electron chi connectivity index (χ2n) is 14.8. The van der Waals surface area contributed by atoms with Crippen LogP contribution in [0.25, 0.3) is 0 Å². The summed E-state index contributed by atoms with van der Waals surface area (Å²) in [4.78, 5) is 39.5. The molecule has 1 saturated heterocycles. The number of carbonyl (C=O) groups excluding carboxylic acids is 3. The number of cyclic esters (lactones) is 1. The molecular weight excluding hydrogens is 808 g/mol. The van der Waals surface area contributed by atoms with E-state index in [-0.39, 0.29) is 78.2 Å². The summed E-state index contributed by atoms with van der Waals surface area (Å²) < 4.78 is 32.9. The van der Waals surface area contributed by atoms with Gasteiger partial charge < -0.3 is 75.2 Å². The Labute approximate surface area is 356 Å². The molecule has 0 saturated carbocycles. The standard InChI is InChI=1S/C22H28N4O6.C22H22O8/c27-11-9-23-5-7-25-13-1-2-14(26-8-6-24-10-12-28)18-17(13)21(31)19-15(29)3-4-16(30)20(19)22(18)32;1-25-16-4-10(5-17(26-2)21(16)27-3)18-11-6-14-15(30-9-29-14)7-12(11)20(23)13-8-28-22(24)19(13)18/h1-4,23-30H,5-12H2;4-7,13,18-20,23H,8-9H2,1-3H3/t;13-,18+,19-,20-/m.0/s1. The van der Waals surface area contributed by atoms with Crippen LogP contribution in [0.1, 0.15) is 60.6 Å². The van der Waals surface area contributed by atoms with E-state index in [0.29, 0.717) is 85.0 Å². The first kappa shape index (κ1) is 43.8. The first-order chi connectivity index (χ1) is 30.1. The van der Waals surface area contributed by atoms with E-state index in [1.54, 1.807) is 32.4 Å². The molecule has 9 N–H and O–H groups in total. The zero-order valence-corrected chi connectivity index (χ0v) is 34.4. The number of phenols is 2. The Bertz CT molecular complexity index is 2230. The summed E-state index contributed by atoms with van der Waals surface area (Å²) >= 11 is 0. The number of nitrogens with one attached hydrogen (secondary N) is 4. The van der Waals surface area contributed by atoms with E-state index in [0.717, 1.165) is 11.1 Å². The van der Waals surface area contributed by atoms with Crippen molar-refractivity contribution < 1.29 is 68.3 Å². The normalized spacial score (nSPS) is 19.0. The molecule has 2 heterocycles. The monoisotopic (exact) mass is 858 g/mol. The van der Waals surface area contributed by atoms with Crippen LogP contribution in [0.5, 0.6) is 40.2 Å². The number of fused-ring (bicyclic) bond motifs is 5. The Morgan fingerprint density at radius 1 is 0.645 bits per heavy atom. The average Bonchev–Trinajstić information content (AvgIpc) is 3.91. The Morgan fingerprint density at radius 3 is 1.65 bits per heavy atom. The van der Waals surface area contributed by atoms with Crippen LogP contribution in [0, 0.1) is 11.8 Å². The van der Waals surface area contributed by atoms with Crippen molar-refractivity contribution in [1.82, 2.24) is 10.6 Å². The van der Waals surface area contributed by atoms with Gasteiger partial charge in [-0.05, 0) is 65.2 Å². The first-order valence-corrected chi connectivity index (χ1v) is 20.1. The van der Waals surface area contributed by atoms with E-state index in [4.69, 9.17) is 38.6 Å². The van der Waals surface area contributed by atoms with E-state index >= 15 is 0 Å². The molecule has 62 heavy (non-hydrogen) atoms. The summed E-state index contributed by atoms with van der Waals surface area (Å²) in [6.45, 7) is 3.10. The van der Waals surface area contributed by atoms with Crippen molar-refractivity contribution in [3.05, 3.63) is 87.5 Å². The first-order valence-electron chi connectivity index (χ1n) is 20.1. The van der Waals surface area contributed by atoms with Crippen LogP contribution in [0.15, 0.2) is 48.5 Å². The molecular formula is C44H50N4O14. The number of phenolic OH excluding ortho intramolecular Hbond substituents is 2. The minimum Gasteiger partial charge on any atom is -0.507 e. The van der Waals surface area contributed by atoms with E-state index in [2.05, 4.69) is 21.3 Å². The largest absolute Gasteiger partial charge is 0.507 e. The summed E-state index contributed by atoms with van der Waals surface area (Å²) in [7, 11) is 4.63. The van der Waals surface area contributed by atoms with Crippen molar-refractivity contribution in [2.75, 3.05) is 97.8 Å². The van der Waals surface area contributed by atoms with Gasteiger partial charge in [0, 0.05) is 62.5 Å². The lowest BCUT2D eigenvalue weighted by molar-refractivity contribution is -0.141. The van der Waals surface area contributed by atoms with Crippen LogP contribution in [-0.4, -0.2) is 130 Å². The number of rotatable bonds is 16. The molecule has 8 rings (SSSR count). The predicted octanol–water partition coefficient (Wildman–Crippen LogP) is 2.27. The fourth-order valence-corrected chi connectivity index (χ4v) is 8.45. The second-order valence-corrected chi connectivity index (χ2v) is 14.8. The maximum atomic E-state index is 13.4. The number of anilines is 2. The molecule has 4 aliphatic rings. The maximum Gasteiger partial charge on any atom is 0.310 e. The number of aliphatic hydroxyl groups is 3. The number of aliphatic hydroxyl groups excluding tert-OH is 3. The van der Waals surface area contributed by atoms with Gasteiger partial charge in [-0.25, -0.2) is 0 Å². The molecule has 18 nitrogen and oxygen atoms in total. The molecule has 2 aliphatic carbocycles. The molecule has 0 spiro atoms. The lowest BCUT2D eigenvalue weighted by atomic mass is 9.66. The minimum absolute atomic E-state index is 0.00939. The van der Waals surface area contributed by atoms with Gasteiger partial charge in [-0.3, -0.25) is 14.4 Å². The van der Waals surface area contributed by atoms with Gasteiger partial charge >= 0.3 is 5.97 Å². The third-order valence-electron chi connectivity index (χ3n) is 11.3. The fraction of sp³-hybridized carbons (Fsp3) is 0.386. The number of aromatic hydroxyl groups is 2. The molecule has 0 aromatic heterocycles. The van der Waals surface area contributed by atoms with Crippen LogP contribution < -0.4 is 45.0 Å². The van der Waals surface area contributed by atoms with Gasteiger partial charge in [0.15, 0.2) is 23.0 Å². The van der Waals surface area contributed by atoms with E-state index < -0.39 is 23.6 Å². The molecule has 18 heteroatoms. The number of ether oxygens (including phenoxy) is 6. The number of hydrogen-bond acceptors (Lipinski definition) is 18. The SMILES string of the molecule is COc1cc([C@@H]2c3cc4c(cc3[C@H](O)[C@H]3COC(=O)[C@H]23)OCO4)cc(OC)c1OC.O=C1c2c(O)ccc(O)c2C(=O)c2c(NCCNCCO)ccc(NCCNCCO)c21. The number of methoxy groups -OCH3 is 3. The van der Waals surface area contributed by atoms with E-state index in [1.165, 1.54) is 19.2 Å². The number of ketones is 2. The highest BCUT2D eigenvalue weighted by atomic mass is 16.7. The van der Waals surface area contributed by atoms with Crippen molar-refractivity contribution in [2.24, 2.45) is 11.8 Å². The third kappa shape index (κ3) is 8.22. The summed E-state index contributed by atoms with van der Waals surface area (Å²) in [5.74, 6) is -0.872. The summed E-state index contributed by atoms with van der Waals surface area (Å²) in [6, 6.07) is 13.1. The summed E-state index contributed by atoms with van der Waals surface area (Å²) in [6.07, 6.45) is -0.843. The number of esters is 1. The van der Waals surface area contributed by atoms with Crippen molar-refractivity contribution in [3.8, 4) is 40.2 Å². The van der Waals surface area contributed by atoms with Crippen LogP contribution in [0.4, 0.5) is 11.4 Å². The Kier molecular flexibility index (Phi) is 13.5. The van der Waals surface area contributed by atoms with Gasteiger partial charge in [-0.15, -0.1) is 0 Å². The van der Waals surface area contributed by atoms with Crippen LogP contribution >= 0.6 is 0 Å². The van der Waals surface area contributed by atoms with Crippen molar-refractivity contribution in [2.45, 2.75) is 12.0 Å². The maximum absolute atomic E-state index is 13.4. The molecule has 4 aromatic carbocycles. The van der Waals surface area contributed by atoms with Gasteiger partial charge in [0.25, 0.3) is 0 Å². The molecule has 330 valence electrons. The molecule has 4 atom stereocenters. The molecule has 0 bridgehead atoms. The number of carbonyl (C=O) groups is 3. The van der Waals surface area contributed by atoms with Gasteiger partial charge in [-0.2, -0.15) is 0 Å². The second kappa shape index (κ2) is 19.2. The van der Waals surface area contributed by atoms with Crippen molar-refractivity contribution >= 4 is 28.9 Å². The molecule has 2 aliphatic heterocycles. The Balaban J connectivity index is 0.000000187. The molecule has 0 radical (unpaired) electrons. The van der Waals surface area contributed by atoms with Crippen LogP contribution in [-0.2, 0) is 9.53 Å². The molecule has 4 aromatic rings. The van der Waals surface area contributed by atoms with Crippen LogP contribution in [0.3, 0.4) is 0 Å². The zero-order valence-electron chi connectivity index (χ0n) is 34.4. The van der Waals surface area contributed by atoms with Gasteiger partial charge in [-0.1, -0.05) is 0 Å². The molecule has 0 unspecified atom stereocenters. The average molecular weight is 859 g/mol. The highest BCUT2D eigenvalue weighted by molar-refractivity contribution is 6.33. The highest BCUT2D eigenvalue weighted by Gasteiger charge is 2.52. The number of benzene rings is 4. The van der Waals surface area contributed by atoms with E-state index in [1.807, 2.05) is 18.2 Å². The van der Waals surface area contributed by atoms with Gasteiger partial charge in [0.2, 0.25) is 24.1 Å². The topological polar surface area (TPSA) is 256 Å². The fourth-order valence-electron chi connectivity index (χ4n) is 8.45. The zero-order chi connectivity index (χ0) is 44.1. The number of hydrogen-bond donors (Lipinski definition) is 9. The van der Waals surface area contributed by atoms with Crippen LogP contribution in [0.2, 0.25) is 0 Å². The smallest absolute Gasteiger partial charge is 0.310 e. The summed E-state index contributed by atoms with van der Waals surface area (Å²) in [5, 5.41) is 61.6. The Morgan fingerprint density at radius 2 is 1.16 bits per heavy atom. The van der Waals surface area contributed by atoms with Crippen molar-refractivity contribution in [1.29, 1.82) is 0 Å². The quantitative estimate of drug-likeness (QED) is 0.0392. The highest BCUT2D eigenvalue weighted by Crippen LogP contribution is 2.55. The predicted molar refractivity (Wildman–Crippen MR) is 223 cm³/mol. The minimum atomic E-state index is -0.843.